The van der Waals surface area contributed by atoms with Gasteiger partial charge in [-0.05, 0) is 58.0 Å². The van der Waals surface area contributed by atoms with Crippen LogP contribution in [-0.2, 0) is 26.2 Å². The summed E-state index contributed by atoms with van der Waals surface area (Å²) in [7, 11) is 0. The first-order valence-electron chi connectivity index (χ1n) is 17.3. The first kappa shape index (κ1) is 37.1. The van der Waals surface area contributed by atoms with Gasteiger partial charge in [0.2, 0.25) is 17.8 Å². The lowest BCUT2D eigenvalue weighted by Gasteiger charge is -2.12. The van der Waals surface area contributed by atoms with Crippen LogP contribution in [0.15, 0.2) is 48.7 Å². The zero-order chi connectivity index (χ0) is 38.5. The Balaban J connectivity index is 1.36. The molecule has 5 N–H and O–H groups in total. The lowest BCUT2D eigenvalue weighted by Crippen LogP contribution is -2.20. The SMILES string of the molecule is CCn1nc(C)cc1C(=O)Nc1nc2cc(C(N)=O)cnc2n1C/C=C/Cn1c(NC(=O)c2cc(C)nn2CC)nc2cc(C=O)cc(OCCCO)c21. The van der Waals surface area contributed by atoms with Crippen LogP contribution in [0.25, 0.3) is 22.2 Å². The van der Waals surface area contributed by atoms with Crippen molar-refractivity contribution in [3.63, 3.8) is 0 Å². The number of nitrogens with one attached hydrogen (secondary N) is 2. The van der Waals surface area contributed by atoms with Gasteiger partial charge < -0.3 is 20.1 Å². The van der Waals surface area contributed by atoms with Crippen LogP contribution in [0.2, 0.25) is 0 Å². The van der Waals surface area contributed by atoms with Gasteiger partial charge in [-0.3, -0.25) is 43.7 Å². The van der Waals surface area contributed by atoms with Gasteiger partial charge in [-0.1, -0.05) is 12.2 Å². The van der Waals surface area contributed by atoms with E-state index in [-0.39, 0.29) is 43.8 Å². The van der Waals surface area contributed by atoms with Crippen LogP contribution in [-0.4, -0.2) is 86.0 Å². The number of imidazole rings is 2. The van der Waals surface area contributed by atoms with Crippen LogP contribution in [0.3, 0.4) is 0 Å². The topological polar surface area (TPSA) is 232 Å². The average molecular weight is 737 g/mol. The molecule has 0 radical (unpaired) electrons. The van der Waals surface area contributed by atoms with Gasteiger partial charge >= 0.3 is 0 Å². The number of benzene rings is 1. The Morgan fingerprint density at radius 3 is 2.02 bits per heavy atom. The Kier molecular flexibility index (Phi) is 10.9. The fraction of sp³-hybridized carbons (Fsp3) is 0.306. The molecule has 6 aromatic rings. The number of hydrogen-bond donors (Lipinski definition) is 4. The number of carbonyl (C=O) groups is 4. The Morgan fingerprint density at radius 2 is 1.44 bits per heavy atom. The van der Waals surface area contributed by atoms with E-state index in [0.29, 0.717) is 82.1 Å². The van der Waals surface area contributed by atoms with Crippen LogP contribution in [0.4, 0.5) is 11.9 Å². The molecule has 54 heavy (non-hydrogen) atoms. The number of pyridine rings is 1. The largest absolute Gasteiger partial charge is 0.491 e. The normalized spacial score (nSPS) is 11.5. The van der Waals surface area contributed by atoms with Crippen molar-refractivity contribution in [1.29, 1.82) is 0 Å². The number of allylic oxidation sites excluding steroid dienone is 2. The summed E-state index contributed by atoms with van der Waals surface area (Å²) in [6.45, 7) is 8.77. The molecule has 18 nitrogen and oxygen atoms in total. The first-order chi connectivity index (χ1) is 26.0. The van der Waals surface area contributed by atoms with Gasteiger partial charge in [-0.25, -0.2) is 15.0 Å². The van der Waals surface area contributed by atoms with E-state index < -0.39 is 17.7 Å². The lowest BCUT2D eigenvalue weighted by atomic mass is 10.2. The Morgan fingerprint density at radius 1 is 0.852 bits per heavy atom. The molecule has 0 saturated heterocycles. The quantitative estimate of drug-likeness (QED) is 0.0640. The summed E-state index contributed by atoms with van der Waals surface area (Å²) in [6.07, 6.45) is 6.03. The molecule has 0 aliphatic heterocycles. The second-order valence-corrected chi connectivity index (χ2v) is 12.3. The second-order valence-electron chi connectivity index (χ2n) is 12.3. The molecule has 0 fully saturated rings. The molecule has 280 valence electrons. The van der Waals surface area contributed by atoms with Crippen LogP contribution in [0.1, 0.15) is 73.3 Å². The monoisotopic (exact) mass is 736 g/mol. The number of carbonyl (C=O) groups excluding carboxylic acids is 4. The van der Waals surface area contributed by atoms with Crippen molar-refractivity contribution < 1.29 is 29.0 Å². The number of nitrogens with two attached hydrogens (primary N) is 1. The van der Waals surface area contributed by atoms with E-state index in [9.17, 15) is 24.3 Å². The highest BCUT2D eigenvalue weighted by molar-refractivity contribution is 6.04. The maximum absolute atomic E-state index is 13.6. The zero-order valence-electron chi connectivity index (χ0n) is 30.2. The number of aryl methyl sites for hydroxylation is 4. The smallest absolute Gasteiger partial charge is 0.276 e. The van der Waals surface area contributed by atoms with E-state index in [0.717, 1.165) is 0 Å². The number of aldehydes is 1. The molecule has 18 heteroatoms. The van der Waals surface area contributed by atoms with Crippen LogP contribution in [0, 0.1) is 13.8 Å². The summed E-state index contributed by atoms with van der Waals surface area (Å²) in [5.74, 6) is -0.804. The fourth-order valence-electron chi connectivity index (χ4n) is 5.99. The molecule has 0 spiro atoms. The van der Waals surface area contributed by atoms with E-state index in [1.165, 1.54) is 12.3 Å². The first-order valence-corrected chi connectivity index (χ1v) is 17.3. The van der Waals surface area contributed by atoms with Crippen molar-refractivity contribution in [3.05, 3.63) is 82.6 Å². The van der Waals surface area contributed by atoms with Crippen LogP contribution < -0.4 is 21.1 Å². The molecule has 0 atom stereocenters. The minimum Gasteiger partial charge on any atom is -0.491 e. The molecular weight excluding hydrogens is 696 g/mol. The highest BCUT2D eigenvalue weighted by atomic mass is 16.5. The minimum atomic E-state index is -0.670. The van der Waals surface area contributed by atoms with E-state index >= 15 is 0 Å². The molecule has 5 heterocycles. The summed E-state index contributed by atoms with van der Waals surface area (Å²) in [5, 5.41) is 23.9. The van der Waals surface area contributed by atoms with E-state index in [2.05, 4.69) is 35.8 Å². The molecular formula is C36H40N12O6. The number of amides is 3. The van der Waals surface area contributed by atoms with Gasteiger partial charge in [0, 0.05) is 51.0 Å². The van der Waals surface area contributed by atoms with E-state index in [1.54, 1.807) is 56.6 Å². The Hall–Kier alpha value is -6.69. The van der Waals surface area contributed by atoms with Gasteiger partial charge in [-0.2, -0.15) is 10.2 Å². The van der Waals surface area contributed by atoms with Crippen molar-refractivity contribution in [2.24, 2.45) is 5.73 Å². The third-order valence-corrected chi connectivity index (χ3v) is 8.46. The molecule has 5 aromatic heterocycles. The number of hydrogen-bond acceptors (Lipinski definition) is 11. The Bertz CT molecular complexity index is 2420. The number of aliphatic hydroxyl groups excluding tert-OH is 1. The van der Waals surface area contributed by atoms with Gasteiger partial charge in [0.1, 0.15) is 34.5 Å². The second kappa shape index (κ2) is 15.9. The van der Waals surface area contributed by atoms with Gasteiger partial charge in [0.25, 0.3) is 11.8 Å². The zero-order valence-corrected chi connectivity index (χ0v) is 30.2. The van der Waals surface area contributed by atoms with Crippen molar-refractivity contribution in [2.75, 3.05) is 23.8 Å². The lowest BCUT2D eigenvalue weighted by molar-refractivity contribution is 0.0994. The third-order valence-electron chi connectivity index (χ3n) is 8.46. The number of nitrogens with zero attached hydrogens (tertiary/aromatic N) is 9. The molecule has 0 aliphatic rings. The number of anilines is 2. The van der Waals surface area contributed by atoms with Gasteiger partial charge in [0.15, 0.2) is 5.65 Å². The summed E-state index contributed by atoms with van der Waals surface area (Å²) in [5.41, 5.74) is 9.71. The number of rotatable bonds is 16. The molecule has 0 saturated carbocycles. The highest BCUT2D eigenvalue weighted by Gasteiger charge is 2.22. The van der Waals surface area contributed by atoms with Crippen LogP contribution in [0.5, 0.6) is 5.75 Å². The average Bonchev–Trinajstić information content (AvgIpc) is 3.92. The van der Waals surface area contributed by atoms with Crippen LogP contribution >= 0.6 is 0 Å². The van der Waals surface area contributed by atoms with Gasteiger partial charge in [0.05, 0.1) is 29.1 Å². The molecule has 1 aromatic carbocycles. The van der Waals surface area contributed by atoms with E-state index in [1.807, 2.05) is 26.0 Å². The third kappa shape index (κ3) is 7.58. The highest BCUT2D eigenvalue weighted by Crippen LogP contribution is 2.31. The summed E-state index contributed by atoms with van der Waals surface area (Å²) in [6, 6.07) is 8.05. The number of aromatic nitrogens is 9. The summed E-state index contributed by atoms with van der Waals surface area (Å²) in [4.78, 5) is 64.4. The molecule has 6 rings (SSSR count). The molecule has 3 amide bonds. The maximum Gasteiger partial charge on any atom is 0.276 e. The van der Waals surface area contributed by atoms with Crippen molar-refractivity contribution in [2.45, 2.75) is 60.3 Å². The predicted molar refractivity (Wildman–Crippen MR) is 199 cm³/mol. The number of ether oxygens (including phenoxy) is 1. The minimum absolute atomic E-state index is 0.0870. The Labute approximate surface area is 308 Å². The summed E-state index contributed by atoms with van der Waals surface area (Å²) < 4.78 is 12.6. The standard InChI is InChI=1S/C36H40N12O6/c1-5-47-27(14-21(3)43-47)33(52)41-35-39-25-16-23(20-50)17-29(54-13-9-12-49)30(25)45(35)10-7-8-11-46-32-26(18-24(19-38-32)31(37)51)40-36(46)42-34(53)28-15-22(4)44-48(28)6-2/h7-8,14-20,49H,5-6,9-13H2,1-4H3,(H2,37,51)(H,39,41,52)(H,40,42,53)/b8-7+. The van der Waals surface area contributed by atoms with Gasteiger partial charge in [-0.15, -0.1) is 0 Å². The number of fused-ring (bicyclic) bond motifs is 2. The molecule has 0 unspecified atom stereocenters. The van der Waals surface area contributed by atoms with Crippen molar-refractivity contribution in [3.8, 4) is 5.75 Å². The fourth-order valence-corrected chi connectivity index (χ4v) is 5.99. The van der Waals surface area contributed by atoms with Crippen molar-refractivity contribution >= 4 is 58.1 Å². The molecule has 0 bridgehead atoms. The van der Waals surface area contributed by atoms with Crippen molar-refractivity contribution in [1.82, 2.24) is 43.6 Å². The number of primary amides is 1. The maximum atomic E-state index is 13.6. The molecule has 0 aliphatic carbocycles. The number of aliphatic hydroxyl groups is 1. The van der Waals surface area contributed by atoms with E-state index in [4.69, 9.17) is 10.5 Å². The summed E-state index contributed by atoms with van der Waals surface area (Å²) >= 11 is 0. The predicted octanol–water partition coefficient (Wildman–Crippen LogP) is 3.26.